The molecule has 1 N–H and O–H groups in total. The van der Waals surface area contributed by atoms with E-state index in [1.54, 1.807) is 0 Å². The fourth-order valence-corrected chi connectivity index (χ4v) is 2.99. The molecule has 1 saturated carbocycles. The van der Waals surface area contributed by atoms with E-state index in [1.807, 2.05) is 6.92 Å². The lowest BCUT2D eigenvalue weighted by molar-refractivity contribution is -0.150. The second-order valence-corrected chi connectivity index (χ2v) is 6.66. The zero-order valence-electron chi connectivity index (χ0n) is 12.1. The average Bonchev–Trinajstić information content (AvgIpc) is 3.27. The Kier molecular flexibility index (Phi) is 3.55. The van der Waals surface area contributed by atoms with E-state index in [1.165, 1.54) is 24.0 Å². The van der Waals surface area contributed by atoms with Crippen molar-refractivity contribution in [1.29, 1.82) is 0 Å². The fourth-order valence-electron chi connectivity index (χ4n) is 2.99. The Bertz CT molecular complexity index is 482. The van der Waals surface area contributed by atoms with Crippen LogP contribution in [0.5, 0.6) is 0 Å². The Morgan fingerprint density at radius 2 is 1.85 bits per heavy atom. The van der Waals surface area contributed by atoms with Gasteiger partial charge in [-0.2, -0.15) is 0 Å². The van der Waals surface area contributed by atoms with Gasteiger partial charge in [0.25, 0.3) is 0 Å². The van der Waals surface area contributed by atoms with Gasteiger partial charge >= 0.3 is 5.97 Å². The van der Waals surface area contributed by atoms with Gasteiger partial charge in [0.05, 0.1) is 5.41 Å². The molecule has 0 amide bonds. The Labute approximate surface area is 120 Å². The number of carbonyl (C=O) groups is 1. The van der Waals surface area contributed by atoms with E-state index in [4.69, 9.17) is 0 Å². The number of rotatable bonds is 4. The third kappa shape index (κ3) is 2.88. The largest absolute Gasteiger partial charge is 0.481 e. The summed E-state index contributed by atoms with van der Waals surface area (Å²) in [5.41, 5.74) is 2.30. The summed E-state index contributed by atoms with van der Waals surface area (Å²) >= 11 is 0. The monoisotopic (exact) mass is 273 g/mol. The highest BCUT2D eigenvalue weighted by molar-refractivity contribution is 5.74. The van der Waals surface area contributed by atoms with Crippen molar-refractivity contribution >= 4 is 5.97 Å². The van der Waals surface area contributed by atoms with Crippen molar-refractivity contribution in [1.82, 2.24) is 4.90 Å². The van der Waals surface area contributed by atoms with Gasteiger partial charge in [0.1, 0.15) is 0 Å². The highest BCUT2D eigenvalue weighted by Gasteiger charge is 2.36. The van der Waals surface area contributed by atoms with Crippen LogP contribution in [-0.2, 0) is 11.3 Å². The van der Waals surface area contributed by atoms with Crippen molar-refractivity contribution in [2.45, 2.75) is 45.1 Å². The fraction of sp³-hybridized carbons (Fsp3) is 0.588. The first-order chi connectivity index (χ1) is 9.57. The summed E-state index contributed by atoms with van der Waals surface area (Å²) in [7, 11) is 0. The van der Waals surface area contributed by atoms with Gasteiger partial charge in [-0.25, -0.2) is 0 Å². The number of carboxylic acid groups (broad SMARTS) is 1. The summed E-state index contributed by atoms with van der Waals surface area (Å²) in [4.78, 5) is 13.6. The van der Waals surface area contributed by atoms with Gasteiger partial charge in [-0.1, -0.05) is 24.3 Å². The molecule has 0 spiro atoms. The van der Waals surface area contributed by atoms with Crippen molar-refractivity contribution in [2.75, 3.05) is 13.1 Å². The molecule has 1 aromatic rings. The van der Waals surface area contributed by atoms with Crippen LogP contribution in [0.3, 0.4) is 0 Å². The maximum Gasteiger partial charge on any atom is 0.309 e. The Morgan fingerprint density at radius 1 is 1.25 bits per heavy atom. The van der Waals surface area contributed by atoms with Gasteiger partial charge in [-0.15, -0.1) is 0 Å². The van der Waals surface area contributed by atoms with Crippen molar-refractivity contribution in [3.05, 3.63) is 35.4 Å². The second-order valence-electron chi connectivity index (χ2n) is 6.66. The highest BCUT2D eigenvalue weighted by Crippen LogP contribution is 2.40. The molecule has 1 aromatic carbocycles. The Morgan fingerprint density at radius 3 is 2.35 bits per heavy atom. The van der Waals surface area contributed by atoms with Crippen LogP contribution in [0.25, 0.3) is 0 Å². The summed E-state index contributed by atoms with van der Waals surface area (Å²) in [6.45, 7) is 4.58. The molecule has 3 heteroatoms. The molecule has 1 aliphatic heterocycles. The van der Waals surface area contributed by atoms with Gasteiger partial charge in [-0.3, -0.25) is 9.69 Å². The van der Waals surface area contributed by atoms with E-state index < -0.39 is 11.4 Å². The molecule has 3 nitrogen and oxygen atoms in total. The number of benzene rings is 1. The number of piperidine rings is 1. The van der Waals surface area contributed by atoms with E-state index in [0.29, 0.717) is 0 Å². The zero-order chi connectivity index (χ0) is 14.2. The molecule has 3 rings (SSSR count). The molecule has 0 radical (unpaired) electrons. The topological polar surface area (TPSA) is 40.5 Å². The lowest BCUT2D eigenvalue weighted by atomic mass is 9.80. The maximum absolute atomic E-state index is 11.2. The van der Waals surface area contributed by atoms with Gasteiger partial charge in [-0.05, 0) is 62.7 Å². The van der Waals surface area contributed by atoms with Crippen molar-refractivity contribution in [2.24, 2.45) is 5.41 Å². The molecule has 0 atom stereocenters. The van der Waals surface area contributed by atoms with Crippen LogP contribution in [0.4, 0.5) is 0 Å². The summed E-state index contributed by atoms with van der Waals surface area (Å²) in [6, 6.07) is 8.99. The first-order valence-corrected chi connectivity index (χ1v) is 7.61. The summed E-state index contributed by atoms with van der Waals surface area (Å²) in [6.07, 6.45) is 4.20. The summed E-state index contributed by atoms with van der Waals surface area (Å²) in [5.74, 6) is 0.168. The van der Waals surface area contributed by atoms with Crippen LogP contribution in [0.1, 0.15) is 49.7 Å². The van der Waals surface area contributed by atoms with E-state index >= 15 is 0 Å². The predicted molar refractivity (Wildman–Crippen MR) is 78.7 cm³/mol. The standard InChI is InChI=1S/C17H23NO2/c1-17(16(19)20)8-10-18(11-9-17)12-13-2-4-14(5-3-13)15-6-7-15/h2-5,15H,6-12H2,1H3,(H,19,20). The van der Waals surface area contributed by atoms with Gasteiger partial charge in [0.15, 0.2) is 0 Å². The van der Waals surface area contributed by atoms with Gasteiger partial charge in [0.2, 0.25) is 0 Å². The molecule has 0 aromatic heterocycles. The van der Waals surface area contributed by atoms with Crippen molar-refractivity contribution in [3.8, 4) is 0 Å². The molecule has 108 valence electrons. The maximum atomic E-state index is 11.2. The number of likely N-dealkylation sites (tertiary alicyclic amines) is 1. The average molecular weight is 273 g/mol. The molecule has 0 bridgehead atoms. The molecule has 1 heterocycles. The number of carboxylic acids is 1. The van der Waals surface area contributed by atoms with Crippen molar-refractivity contribution < 1.29 is 9.90 Å². The summed E-state index contributed by atoms with van der Waals surface area (Å²) < 4.78 is 0. The smallest absolute Gasteiger partial charge is 0.309 e. The molecule has 2 fully saturated rings. The molecule has 0 unspecified atom stereocenters. The molecule has 1 saturated heterocycles. The van der Waals surface area contributed by atoms with E-state index in [0.717, 1.165) is 38.4 Å². The number of hydrogen-bond acceptors (Lipinski definition) is 2. The van der Waals surface area contributed by atoms with Crippen molar-refractivity contribution in [3.63, 3.8) is 0 Å². The minimum Gasteiger partial charge on any atom is -0.481 e. The normalized spacial score (nSPS) is 22.6. The third-order valence-electron chi connectivity index (χ3n) is 4.91. The first-order valence-electron chi connectivity index (χ1n) is 7.61. The molecule has 2 aliphatic rings. The third-order valence-corrected chi connectivity index (χ3v) is 4.91. The first kappa shape index (κ1) is 13.6. The number of nitrogens with zero attached hydrogens (tertiary/aromatic N) is 1. The SMILES string of the molecule is CC1(C(=O)O)CCN(Cc2ccc(C3CC3)cc2)CC1. The second kappa shape index (κ2) is 5.21. The van der Waals surface area contributed by atoms with Crippen LogP contribution in [0.15, 0.2) is 24.3 Å². The van der Waals surface area contributed by atoms with Crippen LogP contribution in [-0.4, -0.2) is 29.1 Å². The van der Waals surface area contributed by atoms with Crippen LogP contribution < -0.4 is 0 Å². The van der Waals surface area contributed by atoms with Gasteiger partial charge < -0.3 is 5.11 Å². The van der Waals surface area contributed by atoms with Gasteiger partial charge in [0, 0.05) is 6.54 Å². The number of hydrogen-bond donors (Lipinski definition) is 1. The van der Waals surface area contributed by atoms with E-state index in [9.17, 15) is 9.90 Å². The van der Waals surface area contributed by atoms with E-state index in [2.05, 4.69) is 29.2 Å². The summed E-state index contributed by atoms with van der Waals surface area (Å²) in [5, 5.41) is 9.24. The molecular weight excluding hydrogens is 250 g/mol. The minimum absolute atomic E-state index is 0.521. The van der Waals surface area contributed by atoms with Crippen LogP contribution >= 0.6 is 0 Å². The molecule has 1 aliphatic carbocycles. The zero-order valence-corrected chi connectivity index (χ0v) is 12.1. The molecular formula is C17H23NO2. The molecule has 20 heavy (non-hydrogen) atoms. The van der Waals surface area contributed by atoms with Crippen LogP contribution in [0, 0.1) is 5.41 Å². The Hall–Kier alpha value is -1.35. The highest BCUT2D eigenvalue weighted by atomic mass is 16.4. The lowest BCUT2D eigenvalue weighted by Crippen LogP contribution is -2.42. The van der Waals surface area contributed by atoms with E-state index in [-0.39, 0.29) is 0 Å². The number of aliphatic carboxylic acids is 1. The lowest BCUT2D eigenvalue weighted by Gasteiger charge is -2.36. The quantitative estimate of drug-likeness (QED) is 0.915. The Balaban J connectivity index is 1.55. The van der Waals surface area contributed by atoms with Crippen LogP contribution in [0.2, 0.25) is 0 Å². The minimum atomic E-state index is -0.647. The predicted octanol–water partition coefficient (Wildman–Crippen LogP) is 3.25.